The maximum atomic E-state index is 2.73. The van der Waals surface area contributed by atoms with Gasteiger partial charge in [0.05, 0.1) is 0 Å². The molecule has 290 valence electrons. The summed E-state index contributed by atoms with van der Waals surface area (Å²) >= 11 is 0. The number of fused-ring (bicyclic) bond motifs is 6. The van der Waals surface area contributed by atoms with Crippen molar-refractivity contribution in [2.45, 2.75) is 52.4 Å². The van der Waals surface area contributed by atoms with E-state index in [1.807, 2.05) is 0 Å². The Labute approximate surface area is 358 Å². The van der Waals surface area contributed by atoms with Crippen LogP contribution in [-0.2, 0) is 10.8 Å². The Morgan fingerprint density at radius 1 is 0.367 bits per heavy atom. The van der Waals surface area contributed by atoms with Crippen molar-refractivity contribution in [3.05, 3.63) is 205 Å². The molecule has 0 unspecified atom stereocenters. The van der Waals surface area contributed by atoms with Crippen molar-refractivity contribution in [2.75, 3.05) is 4.90 Å². The molecule has 60 heavy (non-hydrogen) atoms. The fraction of sp³-hybridized carbons (Fsp3) is 0.143. The summed E-state index contributed by atoms with van der Waals surface area (Å²) in [5.41, 5.74) is 11.0. The second kappa shape index (κ2) is 13.3. The van der Waals surface area contributed by atoms with E-state index in [0.29, 0.717) is 0 Å². The van der Waals surface area contributed by atoms with Gasteiger partial charge in [0, 0.05) is 17.1 Å². The van der Waals surface area contributed by atoms with Gasteiger partial charge in [0.1, 0.15) is 0 Å². The first-order valence-electron chi connectivity index (χ1n) is 21.6. The van der Waals surface area contributed by atoms with Gasteiger partial charge >= 0.3 is 0 Å². The fourth-order valence-electron chi connectivity index (χ4n) is 11.3. The Bertz CT molecular complexity index is 2870. The van der Waals surface area contributed by atoms with E-state index in [1.54, 1.807) is 0 Å². The van der Waals surface area contributed by atoms with Crippen LogP contribution < -0.4 is 62.8 Å². The van der Waals surface area contributed by atoms with Crippen LogP contribution in [0.25, 0.3) is 0 Å². The highest BCUT2D eigenvalue weighted by Crippen LogP contribution is 2.41. The zero-order valence-corrected chi connectivity index (χ0v) is 37.5. The standard InChI is InChI=1S/C56H50BNSi2/c1-55(2,3)39-34-35-45-51(37-39)60(43-26-15-9-16-27-43,44-28-17-10-18-29-44)52-38-40(56(4,5)6)36-48-53(52)57(45)46-30-21-33-50-54(46)58(48)47-31-19-20-32-49(47)59(50,41-22-11-7-12-23-41)42-24-13-8-14-25-42/h7-38H,1-6H3. The number of rotatable bonds is 4. The van der Waals surface area contributed by atoms with Crippen LogP contribution in [0.4, 0.5) is 17.1 Å². The van der Waals surface area contributed by atoms with Gasteiger partial charge < -0.3 is 4.90 Å². The molecule has 8 aromatic rings. The van der Waals surface area contributed by atoms with Gasteiger partial charge in [-0.3, -0.25) is 0 Å². The van der Waals surface area contributed by atoms with Gasteiger partial charge in [-0.15, -0.1) is 0 Å². The van der Waals surface area contributed by atoms with Gasteiger partial charge in [-0.1, -0.05) is 229 Å². The van der Waals surface area contributed by atoms with Crippen molar-refractivity contribution in [3.63, 3.8) is 0 Å². The predicted molar refractivity (Wildman–Crippen MR) is 264 cm³/mol. The Morgan fingerprint density at radius 3 is 1.37 bits per heavy atom. The Balaban J connectivity index is 1.36. The number of hydrogen-bond acceptors (Lipinski definition) is 1. The van der Waals surface area contributed by atoms with Crippen LogP contribution in [0.1, 0.15) is 52.7 Å². The van der Waals surface area contributed by atoms with Crippen LogP contribution in [-0.4, -0.2) is 22.9 Å². The number of hydrogen-bond donors (Lipinski definition) is 0. The Hall–Kier alpha value is -5.94. The molecule has 11 rings (SSSR count). The summed E-state index contributed by atoms with van der Waals surface area (Å²) in [4.78, 5) is 2.73. The lowest BCUT2D eigenvalue weighted by Crippen LogP contribution is -2.88. The number of para-hydroxylation sites is 2. The molecule has 4 heteroatoms. The Morgan fingerprint density at radius 2 is 0.833 bits per heavy atom. The quantitative estimate of drug-likeness (QED) is 0.199. The van der Waals surface area contributed by atoms with Gasteiger partial charge in [-0.05, 0) is 86.5 Å². The van der Waals surface area contributed by atoms with Crippen molar-refractivity contribution in [1.82, 2.24) is 0 Å². The summed E-state index contributed by atoms with van der Waals surface area (Å²) in [5, 5.41) is 11.7. The molecular formula is C56H50BNSi2. The molecule has 3 aliphatic heterocycles. The van der Waals surface area contributed by atoms with E-state index >= 15 is 0 Å². The third-order valence-corrected chi connectivity index (χ3v) is 23.7. The van der Waals surface area contributed by atoms with E-state index in [0.717, 1.165) is 0 Å². The number of nitrogens with zero attached hydrogens (tertiary/aromatic N) is 1. The molecule has 1 nitrogen and oxygen atoms in total. The maximum Gasteiger partial charge on any atom is 0.246 e. The van der Waals surface area contributed by atoms with E-state index in [1.165, 1.54) is 86.1 Å². The first-order chi connectivity index (χ1) is 29.1. The van der Waals surface area contributed by atoms with Crippen molar-refractivity contribution >= 4 is 97.8 Å². The topological polar surface area (TPSA) is 3.24 Å². The molecule has 3 heterocycles. The second-order valence-corrected chi connectivity index (χ2v) is 26.7. The van der Waals surface area contributed by atoms with Crippen molar-refractivity contribution in [3.8, 4) is 0 Å². The average molecular weight is 804 g/mol. The predicted octanol–water partition coefficient (Wildman–Crippen LogP) is 5.96. The molecule has 0 amide bonds. The molecule has 0 saturated heterocycles. The highest BCUT2D eigenvalue weighted by molar-refractivity contribution is 7.27. The highest BCUT2D eigenvalue weighted by atomic mass is 28.3. The number of benzene rings is 8. The van der Waals surface area contributed by atoms with Gasteiger partial charge in [-0.2, -0.15) is 0 Å². The molecule has 0 radical (unpaired) electrons. The van der Waals surface area contributed by atoms with Crippen molar-refractivity contribution in [1.29, 1.82) is 0 Å². The molecule has 0 fully saturated rings. The zero-order valence-electron chi connectivity index (χ0n) is 35.5. The summed E-state index contributed by atoms with van der Waals surface area (Å²) in [6, 6.07) is 75.8. The molecule has 0 bridgehead atoms. The second-order valence-electron chi connectivity index (χ2n) is 19.3. The molecule has 0 saturated carbocycles. The van der Waals surface area contributed by atoms with E-state index in [4.69, 9.17) is 0 Å². The number of anilines is 3. The van der Waals surface area contributed by atoms with Gasteiger partial charge in [0.2, 0.25) is 6.71 Å². The smallest absolute Gasteiger partial charge is 0.246 e. The third kappa shape index (κ3) is 5.04. The lowest BCUT2D eigenvalue weighted by atomic mass is 9.34. The van der Waals surface area contributed by atoms with Crippen molar-refractivity contribution in [2.24, 2.45) is 0 Å². The molecule has 0 aliphatic carbocycles. The van der Waals surface area contributed by atoms with Crippen LogP contribution in [0.3, 0.4) is 0 Å². The molecular weight excluding hydrogens is 754 g/mol. The van der Waals surface area contributed by atoms with Gasteiger partial charge in [0.15, 0.2) is 16.1 Å². The van der Waals surface area contributed by atoms with E-state index in [-0.39, 0.29) is 17.5 Å². The molecule has 3 aliphatic rings. The minimum Gasteiger partial charge on any atom is -0.312 e. The molecule has 8 aromatic carbocycles. The van der Waals surface area contributed by atoms with Crippen LogP contribution in [0.5, 0.6) is 0 Å². The summed E-state index contributed by atoms with van der Waals surface area (Å²) in [5.74, 6) is 0. The monoisotopic (exact) mass is 803 g/mol. The van der Waals surface area contributed by atoms with Crippen molar-refractivity contribution < 1.29 is 0 Å². The van der Waals surface area contributed by atoms with Gasteiger partial charge in [-0.25, -0.2) is 0 Å². The average Bonchev–Trinajstić information content (AvgIpc) is 3.27. The van der Waals surface area contributed by atoms with Crippen LogP contribution in [0.2, 0.25) is 0 Å². The molecule has 0 atom stereocenters. The summed E-state index contributed by atoms with van der Waals surface area (Å²) in [6.45, 7) is 14.4. The summed E-state index contributed by atoms with van der Waals surface area (Å²) < 4.78 is 0. The van der Waals surface area contributed by atoms with Crippen LogP contribution >= 0.6 is 0 Å². The zero-order chi connectivity index (χ0) is 41.0. The first-order valence-corrected chi connectivity index (χ1v) is 25.6. The minimum absolute atomic E-state index is 0.0171. The molecule has 0 aromatic heterocycles. The van der Waals surface area contributed by atoms with E-state index in [2.05, 4.69) is 241 Å². The first kappa shape index (κ1) is 37.1. The van der Waals surface area contributed by atoms with Crippen LogP contribution in [0, 0.1) is 0 Å². The summed E-state index contributed by atoms with van der Waals surface area (Å²) in [6.07, 6.45) is 0. The fourth-order valence-corrected chi connectivity index (χ4v) is 21.7. The Kier molecular flexibility index (Phi) is 8.21. The lowest BCUT2D eigenvalue weighted by Gasteiger charge is -2.52. The maximum absolute atomic E-state index is 2.95. The van der Waals surface area contributed by atoms with E-state index in [9.17, 15) is 0 Å². The van der Waals surface area contributed by atoms with Gasteiger partial charge in [0.25, 0.3) is 0 Å². The summed E-state index contributed by atoms with van der Waals surface area (Å²) in [7, 11) is -5.79. The molecule has 0 N–H and O–H groups in total. The highest BCUT2D eigenvalue weighted by Gasteiger charge is 2.57. The lowest BCUT2D eigenvalue weighted by molar-refractivity contribution is 0.591. The SMILES string of the molecule is CC(C)(C)c1ccc2c(c1)[Si](c1ccccc1)(c1ccccc1)c1cc(C(C)(C)C)cc3c1B2c1cccc2c1N3c1ccccc1[Si]2(c1ccccc1)c1ccccc1. The largest absolute Gasteiger partial charge is 0.312 e. The van der Waals surface area contributed by atoms with Crippen LogP contribution in [0.15, 0.2) is 194 Å². The minimum atomic E-state index is -2.95. The molecule has 0 spiro atoms. The van der Waals surface area contributed by atoms with E-state index < -0.39 is 16.1 Å². The third-order valence-electron chi connectivity index (χ3n) is 14.0. The normalized spacial score (nSPS) is 15.4.